The second-order valence-electron chi connectivity index (χ2n) is 13.8. The van der Waals surface area contributed by atoms with Gasteiger partial charge in [-0.2, -0.15) is 0 Å². The molecule has 47 heavy (non-hydrogen) atoms. The van der Waals surface area contributed by atoms with E-state index in [2.05, 4.69) is 22.2 Å². The lowest BCUT2D eigenvalue weighted by Crippen LogP contribution is -2.48. The van der Waals surface area contributed by atoms with Crippen LogP contribution in [-0.2, 0) is 11.3 Å². The highest BCUT2D eigenvalue weighted by atomic mass is 19.1. The lowest BCUT2D eigenvalue weighted by Gasteiger charge is -2.40. The number of likely N-dealkylation sites (tertiary alicyclic amines) is 3. The Balaban J connectivity index is 1.27. The molecule has 9 nitrogen and oxygen atoms in total. The number of ether oxygens (including phenoxy) is 1. The Kier molecular flexibility index (Phi) is 11.2. The summed E-state index contributed by atoms with van der Waals surface area (Å²) < 4.78 is 21.8. The second-order valence-corrected chi connectivity index (χ2v) is 13.8. The number of nitrogens with zero attached hydrogens (tertiary/aromatic N) is 3. The first kappa shape index (κ1) is 34.4. The number of halogens is 1. The molecular formula is C37H49FN6O3. The van der Waals surface area contributed by atoms with Gasteiger partial charge in [-0.15, -0.1) is 0 Å². The summed E-state index contributed by atoms with van der Waals surface area (Å²) in [5.41, 5.74) is 1.77. The van der Waals surface area contributed by atoms with Gasteiger partial charge in [0.05, 0.1) is 11.3 Å². The Morgan fingerprint density at radius 2 is 1.81 bits per heavy atom. The van der Waals surface area contributed by atoms with Gasteiger partial charge in [0.1, 0.15) is 17.3 Å². The molecule has 2 aromatic carbocycles. The molecule has 2 atom stereocenters. The van der Waals surface area contributed by atoms with E-state index in [9.17, 15) is 9.59 Å². The maximum atomic E-state index is 15.6. The summed E-state index contributed by atoms with van der Waals surface area (Å²) >= 11 is 0. The van der Waals surface area contributed by atoms with Gasteiger partial charge in [0.15, 0.2) is 0 Å². The van der Waals surface area contributed by atoms with E-state index in [1.807, 2.05) is 20.8 Å². The lowest BCUT2D eigenvalue weighted by atomic mass is 9.99. The fourth-order valence-electron chi connectivity index (χ4n) is 6.44. The Morgan fingerprint density at radius 1 is 1.09 bits per heavy atom. The molecule has 0 aromatic heterocycles. The summed E-state index contributed by atoms with van der Waals surface area (Å²) in [5.74, 6) is -0.0371. The molecule has 3 saturated heterocycles. The van der Waals surface area contributed by atoms with Gasteiger partial charge >= 0.3 is 0 Å². The van der Waals surface area contributed by atoms with Crippen LogP contribution < -0.4 is 10.1 Å². The van der Waals surface area contributed by atoms with Gasteiger partial charge in [-0.3, -0.25) is 9.59 Å². The largest absolute Gasteiger partial charge is 0.457 e. The first-order valence-electron chi connectivity index (χ1n) is 16.9. The minimum Gasteiger partial charge on any atom is -0.457 e. The number of rotatable bonds is 13. The zero-order valence-electron chi connectivity index (χ0n) is 28.2. The number of allylic oxidation sites excluding steroid dienone is 2. The molecule has 2 amide bonds. The average Bonchev–Trinajstić information content (AvgIpc) is 3.36. The van der Waals surface area contributed by atoms with Crippen LogP contribution in [0.4, 0.5) is 4.39 Å². The van der Waals surface area contributed by atoms with Crippen LogP contribution in [0.25, 0.3) is 0 Å². The minimum absolute atomic E-state index is 0.0122. The van der Waals surface area contributed by atoms with Crippen molar-refractivity contribution in [3.63, 3.8) is 0 Å². The van der Waals surface area contributed by atoms with E-state index < -0.39 is 11.7 Å². The highest BCUT2D eigenvalue weighted by molar-refractivity contribution is 6.10. The zero-order valence-corrected chi connectivity index (χ0v) is 28.2. The molecule has 5 rings (SSSR count). The molecule has 10 heteroatoms. The summed E-state index contributed by atoms with van der Waals surface area (Å²) in [4.78, 5) is 32.5. The van der Waals surface area contributed by atoms with Crippen molar-refractivity contribution in [2.45, 2.75) is 71.5 Å². The fraction of sp³-hybridized carbons (Fsp3) is 0.514. The summed E-state index contributed by atoms with van der Waals surface area (Å²) in [7, 11) is 2.18. The van der Waals surface area contributed by atoms with Crippen LogP contribution in [0, 0.1) is 28.5 Å². The van der Waals surface area contributed by atoms with Crippen molar-refractivity contribution in [3.8, 4) is 11.5 Å². The molecule has 0 bridgehead atoms. The fourth-order valence-corrected chi connectivity index (χ4v) is 6.44. The van der Waals surface area contributed by atoms with Crippen LogP contribution >= 0.6 is 0 Å². The number of piperidine rings is 1. The molecule has 0 spiro atoms. The maximum absolute atomic E-state index is 15.6. The van der Waals surface area contributed by atoms with Crippen molar-refractivity contribution < 1.29 is 18.7 Å². The highest BCUT2D eigenvalue weighted by Crippen LogP contribution is 2.32. The van der Waals surface area contributed by atoms with Crippen LogP contribution in [0.2, 0.25) is 0 Å². The van der Waals surface area contributed by atoms with Crippen LogP contribution in [0.5, 0.6) is 11.5 Å². The zero-order chi connectivity index (χ0) is 33.7. The van der Waals surface area contributed by atoms with Gasteiger partial charge in [0, 0.05) is 56.0 Å². The molecule has 3 N–H and O–H groups in total. The predicted molar refractivity (Wildman–Crippen MR) is 183 cm³/mol. The van der Waals surface area contributed by atoms with Gasteiger partial charge in [0.2, 0.25) is 5.91 Å². The van der Waals surface area contributed by atoms with Gasteiger partial charge in [-0.1, -0.05) is 20.8 Å². The topological polar surface area (TPSA) is 113 Å². The summed E-state index contributed by atoms with van der Waals surface area (Å²) in [5, 5.41) is 19.4. The van der Waals surface area contributed by atoms with E-state index in [1.54, 1.807) is 41.3 Å². The summed E-state index contributed by atoms with van der Waals surface area (Å²) in [6.45, 7) is 10.7. The van der Waals surface area contributed by atoms with Crippen molar-refractivity contribution in [1.82, 2.24) is 20.0 Å². The summed E-state index contributed by atoms with van der Waals surface area (Å²) in [6, 6.07) is 10.4. The number of nitrogens with one attached hydrogen (secondary N) is 3. The molecular weight excluding hydrogens is 595 g/mol. The number of benzene rings is 2. The number of hydrogen-bond donors (Lipinski definition) is 3. The first-order chi connectivity index (χ1) is 22.5. The number of amides is 2. The van der Waals surface area contributed by atoms with Crippen LogP contribution in [0.15, 0.2) is 48.6 Å². The minimum atomic E-state index is -0.644. The quantitative estimate of drug-likeness (QED) is 0.236. The van der Waals surface area contributed by atoms with Crippen molar-refractivity contribution in [1.29, 1.82) is 10.8 Å². The van der Waals surface area contributed by atoms with Crippen molar-refractivity contribution >= 4 is 23.2 Å². The maximum Gasteiger partial charge on any atom is 0.254 e. The van der Waals surface area contributed by atoms with Crippen LogP contribution in [-0.4, -0.2) is 89.8 Å². The lowest BCUT2D eigenvalue weighted by molar-refractivity contribution is -0.128. The first-order valence-corrected chi connectivity index (χ1v) is 16.9. The smallest absolute Gasteiger partial charge is 0.254 e. The molecule has 1 unspecified atom stereocenters. The molecule has 3 heterocycles. The Labute approximate surface area is 278 Å². The van der Waals surface area contributed by atoms with Crippen LogP contribution in [0.1, 0.15) is 74.4 Å². The van der Waals surface area contributed by atoms with Crippen LogP contribution in [0.3, 0.4) is 0 Å². The van der Waals surface area contributed by atoms with E-state index in [0.717, 1.165) is 32.5 Å². The number of carbonyl (C=O) groups is 2. The standard InChI is InChI=1S/C37H49FN6O3/c1-24(2)33(39)9-10-34(40)26-5-7-30(8-6-26)47-35-21-31(32(38)20-27(35)23-44-22-25(3)19-36(44)45)37(46)41-28-11-16-43(17-12-28)18-14-29-13-15-42(29)4/h5-10,20-21,24-25,28-29,39-40H,11-19,22-23H2,1-4H3,(H,41,46)/b10-9-,39-33?,40-34?/t25-,29?/m0/s1. The third-order valence-electron chi connectivity index (χ3n) is 9.75. The molecule has 252 valence electrons. The molecule has 0 saturated carbocycles. The van der Waals surface area contributed by atoms with Gasteiger partial charge in [0.25, 0.3) is 5.91 Å². The second kappa shape index (κ2) is 15.3. The van der Waals surface area contributed by atoms with E-state index in [-0.39, 0.29) is 41.6 Å². The van der Waals surface area contributed by atoms with Crippen molar-refractivity contribution in [3.05, 3.63) is 71.1 Å². The van der Waals surface area contributed by atoms with Crippen molar-refractivity contribution in [2.75, 3.05) is 39.8 Å². The molecule has 3 aliphatic heterocycles. The molecule has 3 fully saturated rings. The van der Waals surface area contributed by atoms with E-state index in [4.69, 9.17) is 15.6 Å². The summed E-state index contributed by atoms with van der Waals surface area (Å²) in [6.07, 6.45) is 7.77. The Morgan fingerprint density at radius 3 is 2.40 bits per heavy atom. The SMILES string of the molecule is CC(C)C(=N)/C=C\C(=N)c1ccc(Oc2cc(C(=O)NC3CCN(CCC4CCN4C)CC3)c(F)cc2CN2C[C@@H](C)CC2=O)cc1. The molecule has 2 aromatic rings. The monoisotopic (exact) mass is 644 g/mol. The third kappa shape index (κ3) is 8.93. The van der Waals surface area contributed by atoms with E-state index >= 15 is 4.39 Å². The molecule has 0 radical (unpaired) electrons. The molecule has 0 aliphatic carbocycles. The van der Waals surface area contributed by atoms with E-state index in [1.165, 1.54) is 31.5 Å². The van der Waals surface area contributed by atoms with Gasteiger partial charge in [-0.25, -0.2) is 4.39 Å². The normalized spacial score (nSPS) is 21.0. The molecule has 3 aliphatic rings. The van der Waals surface area contributed by atoms with Crippen molar-refractivity contribution in [2.24, 2.45) is 11.8 Å². The van der Waals surface area contributed by atoms with Gasteiger partial charge < -0.3 is 35.6 Å². The van der Waals surface area contributed by atoms with E-state index in [0.29, 0.717) is 47.3 Å². The Bertz CT molecular complexity index is 1500. The third-order valence-corrected chi connectivity index (χ3v) is 9.75. The average molecular weight is 645 g/mol. The van der Waals surface area contributed by atoms with Gasteiger partial charge in [-0.05, 0) is 112 Å². The number of carbonyl (C=O) groups excluding carboxylic acids is 2. The highest BCUT2D eigenvalue weighted by Gasteiger charge is 2.29. The predicted octanol–water partition coefficient (Wildman–Crippen LogP) is 5.87. The number of hydrogen-bond acceptors (Lipinski definition) is 7. The Hall–Kier alpha value is -3.89.